The fraction of sp³-hybridized carbons (Fsp3) is 0.200. The molecule has 3 N–H and O–H groups in total. The summed E-state index contributed by atoms with van der Waals surface area (Å²) in [4.78, 5) is 0.250. The number of nitrogens with two attached hydrogens (primary N) is 1. The van der Waals surface area contributed by atoms with Gasteiger partial charge in [-0.05, 0) is 41.8 Å². The molecule has 0 radical (unpaired) electrons. The Morgan fingerprint density at radius 2 is 1.95 bits per heavy atom. The van der Waals surface area contributed by atoms with Gasteiger partial charge in [0.05, 0.1) is 4.90 Å². The summed E-state index contributed by atoms with van der Waals surface area (Å²) in [6.45, 7) is 2.15. The molecule has 6 heteroatoms. The number of anilines is 1. The van der Waals surface area contributed by atoms with Crippen LogP contribution in [0, 0.1) is 0 Å². The lowest BCUT2D eigenvalue weighted by atomic mass is 10.1. The van der Waals surface area contributed by atoms with Crippen LogP contribution >= 0.6 is 15.9 Å². The van der Waals surface area contributed by atoms with E-state index in [0.717, 1.165) is 15.6 Å². The van der Waals surface area contributed by atoms with Crippen molar-refractivity contribution in [1.82, 2.24) is 4.72 Å². The van der Waals surface area contributed by atoms with Crippen molar-refractivity contribution in [3.63, 3.8) is 0 Å². The molecule has 0 amide bonds. The molecule has 2 rings (SSSR count). The van der Waals surface area contributed by atoms with Crippen LogP contribution in [0.2, 0.25) is 0 Å². The van der Waals surface area contributed by atoms with Crippen molar-refractivity contribution >= 4 is 31.6 Å². The van der Waals surface area contributed by atoms with Crippen LogP contribution in [0.1, 0.15) is 18.1 Å². The average molecular weight is 369 g/mol. The fourth-order valence-electron chi connectivity index (χ4n) is 2.02. The molecule has 0 unspecified atom stereocenters. The molecular weight excluding hydrogens is 352 g/mol. The SMILES string of the molecule is CCc1ccc(N)cc1S(=O)(=O)NCc1cccc(Br)c1. The molecule has 0 aliphatic heterocycles. The number of hydrogen-bond acceptors (Lipinski definition) is 3. The number of rotatable bonds is 5. The number of nitrogens with one attached hydrogen (secondary N) is 1. The monoisotopic (exact) mass is 368 g/mol. The van der Waals surface area contributed by atoms with Gasteiger partial charge in [0.2, 0.25) is 10.0 Å². The number of nitrogen functional groups attached to an aromatic ring is 1. The van der Waals surface area contributed by atoms with Gasteiger partial charge in [0.1, 0.15) is 0 Å². The zero-order valence-corrected chi connectivity index (χ0v) is 14.0. The van der Waals surface area contributed by atoms with Crippen molar-refractivity contribution in [3.8, 4) is 0 Å². The lowest BCUT2D eigenvalue weighted by Gasteiger charge is -2.11. The molecule has 0 aromatic heterocycles. The highest BCUT2D eigenvalue weighted by atomic mass is 79.9. The Bertz CT molecular complexity index is 745. The van der Waals surface area contributed by atoms with E-state index in [1.54, 1.807) is 12.1 Å². The van der Waals surface area contributed by atoms with Gasteiger partial charge in [-0.3, -0.25) is 0 Å². The van der Waals surface area contributed by atoms with Crippen molar-refractivity contribution in [3.05, 3.63) is 58.1 Å². The third-order valence-corrected chi connectivity index (χ3v) is 5.09. The third kappa shape index (κ3) is 4.06. The molecule has 0 saturated carbocycles. The van der Waals surface area contributed by atoms with Crippen LogP contribution in [0.25, 0.3) is 0 Å². The first-order valence-electron chi connectivity index (χ1n) is 6.55. The van der Waals surface area contributed by atoms with Gasteiger partial charge in [-0.2, -0.15) is 0 Å². The standard InChI is InChI=1S/C15H17BrN2O2S/c1-2-12-6-7-14(17)9-15(12)21(19,20)18-10-11-4-3-5-13(16)8-11/h3-9,18H,2,10,17H2,1H3. The molecule has 21 heavy (non-hydrogen) atoms. The van der Waals surface area contributed by atoms with E-state index in [4.69, 9.17) is 5.73 Å². The fourth-order valence-corrected chi connectivity index (χ4v) is 3.82. The summed E-state index contributed by atoms with van der Waals surface area (Å²) in [5.74, 6) is 0. The molecule has 4 nitrogen and oxygen atoms in total. The van der Waals surface area contributed by atoms with Gasteiger partial charge in [-0.15, -0.1) is 0 Å². The Labute approximate surface area is 133 Å². The predicted molar refractivity (Wildman–Crippen MR) is 88.4 cm³/mol. The highest BCUT2D eigenvalue weighted by molar-refractivity contribution is 9.10. The van der Waals surface area contributed by atoms with Crippen LogP contribution in [0.3, 0.4) is 0 Å². The Morgan fingerprint density at radius 3 is 2.62 bits per heavy atom. The number of hydrogen-bond donors (Lipinski definition) is 2. The number of sulfonamides is 1. The van der Waals surface area contributed by atoms with E-state index in [1.807, 2.05) is 31.2 Å². The first-order valence-corrected chi connectivity index (χ1v) is 8.82. The lowest BCUT2D eigenvalue weighted by Crippen LogP contribution is -2.24. The quantitative estimate of drug-likeness (QED) is 0.796. The molecule has 0 aliphatic rings. The van der Waals surface area contributed by atoms with E-state index >= 15 is 0 Å². The first-order chi connectivity index (χ1) is 9.92. The topological polar surface area (TPSA) is 72.2 Å². The van der Waals surface area contributed by atoms with Crippen molar-refractivity contribution in [2.75, 3.05) is 5.73 Å². The summed E-state index contributed by atoms with van der Waals surface area (Å²) in [6.07, 6.45) is 0.632. The molecule has 2 aromatic rings. The van der Waals surface area contributed by atoms with E-state index in [0.29, 0.717) is 12.1 Å². The second kappa shape index (κ2) is 6.60. The lowest BCUT2D eigenvalue weighted by molar-refractivity contribution is 0.580. The maximum Gasteiger partial charge on any atom is 0.241 e. The highest BCUT2D eigenvalue weighted by Gasteiger charge is 2.17. The van der Waals surface area contributed by atoms with Gasteiger partial charge in [-0.25, -0.2) is 13.1 Å². The molecular formula is C15H17BrN2O2S. The molecule has 0 aliphatic carbocycles. The maximum absolute atomic E-state index is 12.4. The highest BCUT2D eigenvalue weighted by Crippen LogP contribution is 2.20. The molecule has 2 aromatic carbocycles. The van der Waals surface area contributed by atoms with Crippen molar-refractivity contribution in [2.24, 2.45) is 0 Å². The van der Waals surface area contributed by atoms with Crippen LogP contribution < -0.4 is 10.5 Å². The number of benzene rings is 2. The van der Waals surface area contributed by atoms with Crippen molar-refractivity contribution < 1.29 is 8.42 Å². The smallest absolute Gasteiger partial charge is 0.241 e. The molecule has 112 valence electrons. The van der Waals surface area contributed by atoms with Crippen LogP contribution in [-0.4, -0.2) is 8.42 Å². The zero-order valence-electron chi connectivity index (χ0n) is 11.6. The molecule has 0 heterocycles. The Balaban J connectivity index is 2.24. The van der Waals surface area contributed by atoms with E-state index in [9.17, 15) is 8.42 Å². The molecule has 0 spiro atoms. The largest absolute Gasteiger partial charge is 0.399 e. The van der Waals surface area contributed by atoms with Gasteiger partial charge in [0.15, 0.2) is 0 Å². The molecule has 0 fully saturated rings. The van der Waals surface area contributed by atoms with Gasteiger partial charge in [0.25, 0.3) is 0 Å². The van der Waals surface area contributed by atoms with Gasteiger partial charge >= 0.3 is 0 Å². The summed E-state index contributed by atoms with van der Waals surface area (Å²) in [6, 6.07) is 12.5. The first kappa shape index (κ1) is 16.0. The van der Waals surface area contributed by atoms with E-state index in [-0.39, 0.29) is 11.4 Å². The number of aryl methyl sites for hydroxylation is 1. The molecule has 0 saturated heterocycles. The van der Waals surface area contributed by atoms with Gasteiger partial charge in [0, 0.05) is 16.7 Å². The van der Waals surface area contributed by atoms with E-state index in [1.165, 1.54) is 6.07 Å². The second-order valence-corrected chi connectivity index (χ2v) is 7.33. The number of halogens is 1. The average Bonchev–Trinajstić information content (AvgIpc) is 2.45. The van der Waals surface area contributed by atoms with Gasteiger partial charge in [-0.1, -0.05) is 41.1 Å². The van der Waals surface area contributed by atoms with Crippen LogP contribution in [0.5, 0.6) is 0 Å². The second-order valence-electron chi connectivity index (χ2n) is 4.68. The minimum Gasteiger partial charge on any atom is -0.399 e. The van der Waals surface area contributed by atoms with Crippen molar-refractivity contribution in [1.29, 1.82) is 0 Å². The Kier molecular flexibility index (Phi) is 5.03. The minimum atomic E-state index is -3.58. The maximum atomic E-state index is 12.4. The van der Waals surface area contributed by atoms with E-state index < -0.39 is 10.0 Å². The minimum absolute atomic E-state index is 0.236. The third-order valence-electron chi connectivity index (χ3n) is 3.12. The van der Waals surface area contributed by atoms with Crippen LogP contribution in [0.15, 0.2) is 51.8 Å². The molecule has 0 atom stereocenters. The molecule has 0 bridgehead atoms. The van der Waals surface area contributed by atoms with Gasteiger partial charge < -0.3 is 5.73 Å². The van der Waals surface area contributed by atoms with Crippen molar-refractivity contribution in [2.45, 2.75) is 24.8 Å². The zero-order chi connectivity index (χ0) is 15.5. The summed E-state index contributed by atoms with van der Waals surface area (Å²) >= 11 is 3.37. The van der Waals surface area contributed by atoms with Crippen LogP contribution in [-0.2, 0) is 23.0 Å². The summed E-state index contributed by atoms with van der Waals surface area (Å²) in [5, 5.41) is 0. The Hall–Kier alpha value is -1.37. The summed E-state index contributed by atoms with van der Waals surface area (Å²) in [7, 11) is -3.58. The van der Waals surface area contributed by atoms with E-state index in [2.05, 4.69) is 20.7 Å². The normalized spacial score (nSPS) is 11.5. The van der Waals surface area contributed by atoms with Crippen LogP contribution in [0.4, 0.5) is 5.69 Å². The predicted octanol–water partition coefficient (Wildman–Crippen LogP) is 3.07. The Morgan fingerprint density at radius 1 is 1.19 bits per heavy atom. The summed E-state index contributed by atoms with van der Waals surface area (Å²) in [5.41, 5.74) is 7.79. The summed E-state index contributed by atoms with van der Waals surface area (Å²) < 4.78 is 28.4.